The second-order valence-corrected chi connectivity index (χ2v) is 8.24. The van der Waals surface area contributed by atoms with Crippen molar-refractivity contribution < 1.29 is 9.59 Å². The number of urea groups is 1. The van der Waals surface area contributed by atoms with E-state index < -0.39 is 11.9 Å². The first-order valence-corrected chi connectivity index (χ1v) is 10.8. The molecule has 0 unspecified atom stereocenters. The Labute approximate surface area is 174 Å². The third-order valence-corrected chi connectivity index (χ3v) is 6.13. The van der Waals surface area contributed by atoms with E-state index in [-0.39, 0.29) is 17.4 Å². The van der Waals surface area contributed by atoms with Crippen LogP contribution < -0.4 is 16.2 Å². The molecule has 0 aliphatic heterocycles. The molecule has 1 saturated carbocycles. The van der Waals surface area contributed by atoms with Crippen molar-refractivity contribution in [2.24, 2.45) is 5.92 Å². The van der Waals surface area contributed by atoms with Crippen LogP contribution >= 0.6 is 11.8 Å². The quantitative estimate of drug-likeness (QED) is 0.430. The number of para-hydroxylation sites is 1. The maximum absolute atomic E-state index is 12.7. The molecule has 1 heterocycles. The summed E-state index contributed by atoms with van der Waals surface area (Å²) in [7, 11) is 0. The van der Waals surface area contributed by atoms with E-state index in [1.54, 1.807) is 24.3 Å². The number of hydrogen-bond acceptors (Lipinski definition) is 5. The summed E-state index contributed by atoms with van der Waals surface area (Å²) in [5.74, 6) is -0.0344. The molecule has 8 heteroatoms. The molecule has 3 amide bonds. The predicted octanol–water partition coefficient (Wildman–Crippen LogP) is 3.08. The molecule has 0 bridgehead atoms. The number of nitrogens with one attached hydrogen (secondary N) is 2. The third-order valence-electron chi connectivity index (χ3n) is 5.15. The first-order chi connectivity index (χ1) is 14.0. The first-order valence-electron chi connectivity index (χ1n) is 9.83. The molecular formula is C21H26N4O3S. The lowest BCUT2D eigenvalue weighted by Crippen LogP contribution is -2.48. The lowest BCUT2D eigenvalue weighted by molar-refractivity contribution is -0.117. The van der Waals surface area contributed by atoms with Crippen molar-refractivity contribution in [3.8, 4) is 0 Å². The molecule has 1 aliphatic rings. The van der Waals surface area contributed by atoms with Gasteiger partial charge >= 0.3 is 6.03 Å². The number of carbonyl (C=O) groups excluding carboxylic acids is 2. The van der Waals surface area contributed by atoms with E-state index in [2.05, 4.69) is 29.1 Å². The standard InChI is InChI=1S/C21H26N4O3S/c1-3-12-25-19(27)15-9-5-7-11-17(15)23-21(25)29-13-18(26)24-20(28)22-16-10-6-4-8-14(16)2/h3,5,7,9,11,14,16H,1,4,6,8,10,12-13H2,2H3,(H2,22,24,26,28)/t14-,16+/m0/s1. The Morgan fingerprint density at radius 2 is 2.07 bits per heavy atom. The van der Waals surface area contributed by atoms with E-state index in [1.165, 1.54) is 11.0 Å². The van der Waals surface area contributed by atoms with Crippen molar-refractivity contribution >= 4 is 34.6 Å². The molecule has 0 radical (unpaired) electrons. The van der Waals surface area contributed by atoms with Gasteiger partial charge in [-0.1, -0.05) is 49.7 Å². The summed E-state index contributed by atoms with van der Waals surface area (Å²) >= 11 is 1.12. The maximum atomic E-state index is 12.7. The van der Waals surface area contributed by atoms with Crippen LogP contribution in [0.25, 0.3) is 10.9 Å². The second kappa shape index (κ2) is 9.73. The summed E-state index contributed by atoms with van der Waals surface area (Å²) in [6.07, 6.45) is 5.91. The van der Waals surface area contributed by atoms with Gasteiger partial charge < -0.3 is 5.32 Å². The summed E-state index contributed by atoms with van der Waals surface area (Å²) in [4.78, 5) is 41.6. The third kappa shape index (κ3) is 5.26. The number of hydrogen-bond donors (Lipinski definition) is 2. The van der Waals surface area contributed by atoms with Gasteiger partial charge in [0.05, 0.1) is 16.7 Å². The molecule has 1 aromatic carbocycles. The molecule has 1 fully saturated rings. The van der Waals surface area contributed by atoms with E-state index in [0.717, 1.165) is 31.0 Å². The van der Waals surface area contributed by atoms with Gasteiger partial charge in [0.2, 0.25) is 5.91 Å². The average Bonchev–Trinajstić information content (AvgIpc) is 2.70. The molecule has 154 valence electrons. The highest BCUT2D eigenvalue weighted by molar-refractivity contribution is 7.99. The lowest BCUT2D eigenvalue weighted by atomic mass is 9.86. The van der Waals surface area contributed by atoms with E-state index >= 15 is 0 Å². The van der Waals surface area contributed by atoms with E-state index in [0.29, 0.717) is 28.5 Å². The van der Waals surface area contributed by atoms with Gasteiger partial charge in [-0.3, -0.25) is 19.5 Å². The molecule has 7 nitrogen and oxygen atoms in total. The highest BCUT2D eigenvalue weighted by atomic mass is 32.2. The largest absolute Gasteiger partial charge is 0.335 e. The Bertz CT molecular complexity index is 972. The molecule has 1 aromatic heterocycles. The summed E-state index contributed by atoms with van der Waals surface area (Å²) in [5, 5.41) is 6.21. The number of amides is 3. The number of allylic oxidation sites excluding steroid dienone is 1. The number of imide groups is 1. The van der Waals surface area contributed by atoms with Crippen LogP contribution in [0.4, 0.5) is 4.79 Å². The van der Waals surface area contributed by atoms with Crippen LogP contribution in [-0.4, -0.2) is 33.3 Å². The van der Waals surface area contributed by atoms with Crippen LogP contribution in [0.5, 0.6) is 0 Å². The highest BCUT2D eigenvalue weighted by Crippen LogP contribution is 2.23. The van der Waals surface area contributed by atoms with Gasteiger partial charge in [-0.15, -0.1) is 6.58 Å². The number of aromatic nitrogens is 2. The maximum Gasteiger partial charge on any atom is 0.321 e. The van der Waals surface area contributed by atoms with Gasteiger partial charge in [0.15, 0.2) is 5.16 Å². The van der Waals surface area contributed by atoms with Gasteiger partial charge in [0.1, 0.15) is 0 Å². The second-order valence-electron chi connectivity index (χ2n) is 7.29. The highest BCUT2D eigenvalue weighted by Gasteiger charge is 2.23. The van der Waals surface area contributed by atoms with Crippen molar-refractivity contribution in [1.29, 1.82) is 0 Å². The fraction of sp³-hybridized carbons (Fsp3) is 0.429. The SMILES string of the molecule is C=CCn1c(SCC(=O)NC(=O)N[C@@H]2CCCC[C@@H]2C)nc2ccccc2c1=O. The smallest absolute Gasteiger partial charge is 0.321 e. The fourth-order valence-corrected chi connectivity index (χ4v) is 4.38. The normalized spacial score (nSPS) is 18.9. The van der Waals surface area contributed by atoms with Crippen LogP contribution in [0.15, 0.2) is 46.9 Å². The van der Waals surface area contributed by atoms with Crippen molar-refractivity contribution in [1.82, 2.24) is 20.2 Å². The van der Waals surface area contributed by atoms with E-state index in [4.69, 9.17) is 0 Å². The zero-order chi connectivity index (χ0) is 20.8. The summed E-state index contributed by atoms with van der Waals surface area (Å²) in [5.41, 5.74) is 0.396. The Balaban J connectivity index is 1.64. The van der Waals surface area contributed by atoms with Crippen LogP contribution in [0, 0.1) is 5.92 Å². The molecule has 2 atom stereocenters. The van der Waals surface area contributed by atoms with Gasteiger partial charge in [-0.2, -0.15) is 0 Å². The van der Waals surface area contributed by atoms with Gasteiger partial charge in [0.25, 0.3) is 5.56 Å². The Morgan fingerprint density at radius 1 is 1.31 bits per heavy atom. The van der Waals surface area contributed by atoms with Gasteiger partial charge in [-0.25, -0.2) is 9.78 Å². The molecule has 3 rings (SSSR count). The van der Waals surface area contributed by atoms with Crippen LogP contribution in [0.1, 0.15) is 32.6 Å². The molecule has 0 spiro atoms. The van der Waals surface area contributed by atoms with Crippen molar-refractivity contribution in [2.45, 2.75) is 50.4 Å². The van der Waals surface area contributed by atoms with Crippen LogP contribution in [0.2, 0.25) is 0 Å². The Hall–Kier alpha value is -2.61. The predicted molar refractivity (Wildman–Crippen MR) is 115 cm³/mol. The zero-order valence-electron chi connectivity index (χ0n) is 16.5. The Morgan fingerprint density at radius 3 is 2.83 bits per heavy atom. The molecule has 29 heavy (non-hydrogen) atoms. The molecule has 2 N–H and O–H groups in total. The van der Waals surface area contributed by atoms with Crippen molar-refractivity contribution in [3.05, 3.63) is 47.3 Å². The first kappa shape index (κ1) is 21.1. The summed E-state index contributed by atoms with van der Waals surface area (Å²) in [6.45, 7) is 6.09. The number of benzene rings is 1. The van der Waals surface area contributed by atoms with Crippen LogP contribution in [0.3, 0.4) is 0 Å². The van der Waals surface area contributed by atoms with Crippen molar-refractivity contribution in [3.63, 3.8) is 0 Å². The number of nitrogens with zero attached hydrogens (tertiary/aromatic N) is 2. The topological polar surface area (TPSA) is 93.1 Å². The molecule has 1 aliphatic carbocycles. The average molecular weight is 415 g/mol. The van der Waals surface area contributed by atoms with Gasteiger partial charge in [-0.05, 0) is 30.9 Å². The lowest BCUT2D eigenvalue weighted by Gasteiger charge is -2.29. The monoisotopic (exact) mass is 414 g/mol. The minimum absolute atomic E-state index is 0.0183. The molecular weight excluding hydrogens is 388 g/mol. The number of rotatable bonds is 6. The fourth-order valence-electron chi connectivity index (χ4n) is 3.58. The summed E-state index contributed by atoms with van der Waals surface area (Å²) in [6, 6.07) is 6.72. The molecule has 2 aromatic rings. The number of thioether (sulfide) groups is 1. The number of carbonyl (C=O) groups is 2. The zero-order valence-corrected chi connectivity index (χ0v) is 17.3. The van der Waals surface area contributed by atoms with Crippen LogP contribution in [-0.2, 0) is 11.3 Å². The minimum atomic E-state index is -0.468. The van der Waals surface area contributed by atoms with E-state index in [9.17, 15) is 14.4 Å². The Kier molecular flexibility index (Phi) is 7.09. The minimum Gasteiger partial charge on any atom is -0.335 e. The number of fused-ring (bicyclic) bond motifs is 1. The van der Waals surface area contributed by atoms with Gasteiger partial charge in [0, 0.05) is 12.6 Å². The van der Waals surface area contributed by atoms with Crippen molar-refractivity contribution in [2.75, 3.05) is 5.75 Å². The molecule has 0 saturated heterocycles. The van der Waals surface area contributed by atoms with E-state index in [1.807, 2.05) is 6.07 Å². The summed E-state index contributed by atoms with van der Waals surface area (Å²) < 4.78 is 1.48.